The number of hydrogen-bond acceptors (Lipinski definition) is 2. The Morgan fingerprint density at radius 1 is 1.38 bits per heavy atom. The van der Waals surface area contributed by atoms with Crippen LogP contribution in [-0.4, -0.2) is 9.55 Å². The maximum atomic E-state index is 6.26. The van der Waals surface area contributed by atoms with E-state index in [-0.39, 0.29) is 0 Å². The lowest BCUT2D eigenvalue weighted by Gasteiger charge is -2.13. The van der Waals surface area contributed by atoms with Crippen LogP contribution in [0.2, 0.25) is 0 Å². The second-order valence-electron chi connectivity index (χ2n) is 5.10. The molecule has 1 fully saturated rings. The highest BCUT2D eigenvalue weighted by molar-refractivity contribution is 5.41. The van der Waals surface area contributed by atoms with E-state index in [1.807, 2.05) is 0 Å². The predicted molar refractivity (Wildman–Crippen MR) is 67.6 cm³/mol. The van der Waals surface area contributed by atoms with Crippen LogP contribution in [0.25, 0.3) is 0 Å². The average molecular weight is 221 g/mol. The molecule has 0 unspecified atom stereocenters. The fourth-order valence-electron chi connectivity index (χ4n) is 2.84. The largest absolute Gasteiger partial charge is 0.384 e. The average Bonchev–Trinajstić information content (AvgIpc) is 2.83. The van der Waals surface area contributed by atoms with E-state index in [0.29, 0.717) is 12.0 Å². The summed E-state index contributed by atoms with van der Waals surface area (Å²) >= 11 is 0. The van der Waals surface area contributed by atoms with Gasteiger partial charge in [0.15, 0.2) is 0 Å². The molecule has 0 saturated heterocycles. The number of rotatable bonds is 3. The molecule has 0 bridgehead atoms. The van der Waals surface area contributed by atoms with E-state index in [1.165, 1.54) is 31.4 Å². The standard InChI is InChI=1S/C13H23N3/c1-4-11-15-12(10-7-5-6-8-10)13(14)16(11)9(2)3/h9-10H,4-8,14H2,1-3H3. The van der Waals surface area contributed by atoms with Crippen LogP contribution in [0.3, 0.4) is 0 Å². The van der Waals surface area contributed by atoms with Crippen molar-refractivity contribution in [2.45, 2.75) is 64.8 Å². The Hall–Kier alpha value is -0.990. The van der Waals surface area contributed by atoms with Crippen molar-refractivity contribution in [3.63, 3.8) is 0 Å². The van der Waals surface area contributed by atoms with Gasteiger partial charge < -0.3 is 10.3 Å². The molecule has 1 aromatic heterocycles. The molecular formula is C13H23N3. The van der Waals surface area contributed by atoms with Crippen LogP contribution >= 0.6 is 0 Å². The van der Waals surface area contributed by atoms with E-state index >= 15 is 0 Å². The molecule has 3 heteroatoms. The van der Waals surface area contributed by atoms with Gasteiger partial charge in [-0.1, -0.05) is 19.8 Å². The van der Waals surface area contributed by atoms with Gasteiger partial charge in [0.25, 0.3) is 0 Å². The summed E-state index contributed by atoms with van der Waals surface area (Å²) in [5.74, 6) is 2.68. The predicted octanol–water partition coefficient (Wildman–Crippen LogP) is 3.27. The van der Waals surface area contributed by atoms with E-state index in [0.717, 1.165) is 18.1 Å². The second-order valence-corrected chi connectivity index (χ2v) is 5.10. The van der Waals surface area contributed by atoms with Crippen LogP contribution in [0.5, 0.6) is 0 Å². The Kier molecular flexibility index (Phi) is 3.22. The Morgan fingerprint density at radius 2 is 2.00 bits per heavy atom. The molecule has 0 spiro atoms. The fraction of sp³-hybridized carbons (Fsp3) is 0.769. The third-order valence-corrected chi connectivity index (χ3v) is 3.62. The molecule has 1 saturated carbocycles. The maximum absolute atomic E-state index is 6.26. The van der Waals surface area contributed by atoms with Gasteiger partial charge in [-0.05, 0) is 26.7 Å². The van der Waals surface area contributed by atoms with Crippen molar-refractivity contribution < 1.29 is 0 Å². The molecule has 16 heavy (non-hydrogen) atoms. The van der Waals surface area contributed by atoms with Gasteiger partial charge in [-0.25, -0.2) is 4.98 Å². The highest BCUT2D eigenvalue weighted by Crippen LogP contribution is 2.37. The zero-order chi connectivity index (χ0) is 11.7. The van der Waals surface area contributed by atoms with Crippen molar-refractivity contribution in [2.75, 3.05) is 5.73 Å². The topological polar surface area (TPSA) is 43.8 Å². The van der Waals surface area contributed by atoms with Crippen LogP contribution in [0.4, 0.5) is 5.82 Å². The minimum atomic E-state index is 0.414. The van der Waals surface area contributed by atoms with Crippen LogP contribution in [0.1, 0.15) is 69.9 Å². The van der Waals surface area contributed by atoms with E-state index < -0.39 is 0 Å². The minimum Gasteiger partial charge on any atom is -0.384 e. The SMILES string of the molecule is CCc1nc(C2CCCC2)c(N)n1C(C)C. The van der Waals surface area contributed by atoms with Crippen molar-refractivity contribution >= 4 is 5.82 Å². The van der Waals surface area contributed by atoms with Crippen LogP contribution in [0, 0.1) is 0 Å². The first-order valence-corrected chi connectivity index (χ1v) is 6.51. The van der Waals surface area contributed by atoms with Crippen molar-refractivity contribution in [2.24, 2.45) is 0 Å². The minimum absolute atomic E-state index is 0.414. The molecule has 1 aliphatic carbocycles. The van der Waals surface area contributed by atoms with E-state index in [1.54, 1.807) is 0 Å². The molecule has 0 radical (unpaired) electrons. The van der Waals surface area contributed by atoms with Gasteiger partial charge in [0.05, 0.1) is 5.69 Å². The number of hydrogen-bond donors (Lipinski definition) is 1. The molecule has 2 N–H and O–H groups in total. The van der Waals surface area contributed by atoms with Crippen molar-refractivity contribution in [1.29, 1.82) is 0 Å². The normalized spacial score (nSPS) is 17.5. The number of aromatic nitrogens is 2. The van der Waals surface area contributed by atoms with Crippen molar-refractivity contribution in [3.05, 3.63) is 11.5 Å². The third-order valence-electron chi connectivity index (χ3n) is 3.62. The Balaban J connectivity index is 2.39. The monoisotopic (exact) mass is 221 g/mol. The van der Waals surface area contributed by atoms with Gasteiger partial charge in [0, 0.05) is 18.4 Å². The molecular weight excluding hydrogens is 198 g/mol. The van der Waals surface area contributed by atoms with Gasteiger partial charge in [0.1, 0.15) is 11.6 Å². The lowest BCUT2D eigenvalue weighted by Crippen LogP contribution is -2.09. The number of imidazole rings is 1. The van der Waals surface area contributed by atoms with Gasteiger partial charge >= 0.3 is 0 Å². The van der Waals surface area contributed by atoms with E-state index in [9.17, 15) is 0 Å². The highest BCUT2D eigenvalue weighted by Gasteiger charge is 2.25. The number of nitrogens with zero attached hydrogens (tertiary/aromatic N) is 2. The lowest BCUT2D eigenvalue weighted by atomic mass is 10.0. The number of nitrogen functional groups attached to an aromatic ring is 1. The fourth-order valence-corrected chi connectivity index (χ4v) is 2.84. The van der Waals surface area contributed by atoms with E-state index in [4.69, 9.17) is 10.7 Å². The molecule has 1 aromatic rings. The van der Waals surface area contributed by atoms with Gasteiger partial charge in [0.2, 0.25) is 0 Å². The number of anilines is 1. The summed E-state index contributed by atoms with van der Waals surface area (Å²) in [6.45, 7) is 6.50. The highest BCUT2D eigenvalue weighted by atomic mass is 15.2. The zero-order valence-corrected chi connectivity index (χ0v) is 10.7. The van der Waals surface area contributed by atoms with Gasteiger partial charge in [-0.15, -0.1) is 0 Å². The molecule has 1 aliphatic rings. The molecule has 0 atom stereocenters. The molecule has 3 nitrogen and oxygen atoms in total. The first-order chi connectivity index (χ1) is 7.65. The Labute approximate surface area is 98.1 Å². The van der Waals surface area contributed by atoms with Crippen molar-refractivity contribution in [3.8, 4) is 0 Å². The summed E-state index contributed by atoms with van der Waals surface area (Å²) in [5, 5.41) is 0. The Morgan fingerprint density at radius 3 is 2.44 bits per heavy atom. The van der Waals surface area contributed by atoms with Crippen LogP contribution < -0.4 is 5.73 Å². The molecule has 0 amide bonds. The summed E-state index contributed by atoms with van der Waals surface area (Å²) in [7, 11) is 0. The summed E-state index contributed by atoms with van der Waals surface area (Å²) in [4.78, 5) is 4.77. The third kappa shape index (κ3) is 1.83. The zero-order valence-electron chi connectivity index (χ0n) is 10.7. The molecule has 90 valence electrons. The molecule has 0 aliphatic heterocycles. The molecule has 0 aromatic carbocycles. The number of nitrogens with two attached hydrogens (primary N) is 1. The summed E-state index contributed by atoms with van der Waals surface area (Å²) < 4.78 is 2.20. The molecule has 1 heterocycles. The quantitative estimate of drug-likeness (QED) is 0.851. The molecule has 2 rings (SSSR count). The van der Waals surface area contributed by atoms with Crippen LogP contribution in [0.15, 0.2) is 0 Å². The summed E-state index contributed by atoms with van der Waals surface area (Å²) in [5.41, 5.74) is 7.43. The maximum Gasteiger partial charge on any atom is 0.127 e. The Bertz CT molecular complexity index is 359. The first-order valence-electron chi connectivity index (χ1n) is 6.51. The number of aryl methyl sites for hydroxylation is 1. The first kappa shape index (κ1) is 11.5. The van der Waals surface area contributed by atoms with E-state index in [2.05, 4.69) is 25.3 Å². The van der Waals surface area contributed by atoms with Crippen LogP contribution in [-0.2, 0) is 6.42 Å². The van der Waals surface area contributed by atoms with Crippen molar-refractivity contribution in [1.82, 2.24) is 9.55 Å². The smallest absolute Gasteiger partial charge is 0.127 e. The van der Waals surface area contributed by atoms with Gasteiger partial charge in [-0.2, -0.15) is 0 Å². The lowest BCUT2D eigenvalue weighted by molar-refractivity contribution is 0.578. The van der Waals surface area contributed by atoms with Gasteiger partial charge in [-0.3, -0.25) is 0 Å². The summed E-state index contributed by atoms with van der Waals surface area (Å²) in [6, 6.07) is 0.414. The summed E-state index contributed by atoms with van der Waals surface area (Å²) in [6.07, 6.45) is 6.17. The second kappa shape index (κ2) is 4.48.